The first-order valence-corrected chi connectivity index (χ1v) is 6.72. The fourth-order valence-electron chi connectivity index (χ4n) is 1.14. The van der Waals surface area contributed by atoms with Crippen molar-refractivity contribution >= 4 is 40.9 Å². The predicted octanol–water partition coefficient (Wildman–Crippen LogP) is 1.76. The van der Waals surface area contributed by atoms with Crippen LogP contribution in [0.15, 0.2) is 16.5 Å². The second-order valence-corrected chi connectivity index (χ2v) is 4.88. The number of nitrogens with zero attached hydrogens (tertiary/aromatic N) is 1. The number of rotatable bonds is 6. The Morgan fingerprint density at radius 1 is 1.72 bits per heavy atom. The molecule has 0 radical (unpaired) electrons. The highest BCUT2D eigenvalue weighted by molar-refractivity contribution is 7.80. The van der Waals surface area contributed by atoms with Crippen LogP contribution in [0.5, 0.6) is 0 Å². The Balaban J connectivity index is 2.41. The topological polar surface area (TPSA) is 76.7 Å². The molecule has 7 heteroatoms. The van der Waals surface area contributed by atoms with Gasteiger partial charge in [0.2, 0.25) is 0 Å². The van der Waals surface area contributed by atoms with Gasteiger partial charge in [-0.15, -0.1) is 11.3 Å². The van der Waals surface area contributed by atoms with Crippen LogP contribution < -0.4 is 11.2 Å². The number of thiophene rings is 1. The van der Waals surface area contributed by atoms with Gasteiger partial charge < -0.3 is 10.5 Å². The third-order valence-electron chi connectivity index (χ3n) is 1.89. The maximum absolute atomic E-state index is 11.2. The van der Waals surface area contributed by atoms with Gasteiger partial charge in [0, 0.05) is 16.9 Å². The molecule has 0 saturated heterocycles. The molecule has 0 atom stereocenters. The molecule has 18 heavy (non-hydrogen) atoms. The van der Waals surface area contributed by atoms with E-state index in [4.69, 9.17) is 10.5 Å². The van der Waals surface area contributed by atoms with Crippen LogP contribution in [0.4, 0.5) is 0 Å². The van der Waals surface area contributed by atoms with Gasteiger partial charge in [-0.25, -0.2) is 0 Å². The number of hydrogen-bond acceptors (Lipinski definition) is 5. The Morgan fingerprint density at radius 2 is 2.50 bits per heavy atom. The van der Waals surface area contributed by atoms with E-state index in [1.807, 2.05) is 18.4 Å². The number of carbonyl (C=O) groups is 1. The standard InChI is InChI=1S/C11H15N3O2S2/c1-2-3-10(15)16-6-8-4-9(18-7-8)5-13-14-11(12)17/h4-5,7H,2-3,6H2,1H3,(H3,12,14,17)/b13-5+. The van der Waals surface area contributed by atoms with Crippen molar-refractivity contribution in [3.05, 3.63) is 21.9 Å². The molecule has 1 aromatic heterocycles. The van der Waals surface area contributed by atoms with Gasteiger partial charge in [0.25, 0.3) is 0 Å². The van der Waals surface area contributed by atoms with Crippen LogP contribution in [0.25, 0.3) is 0 Å². The van der Waals surface area contributed by atoms with Crippen LogP contribution in [-0.4, -0.2) is 17.3 Å². The largest absolute Gasteiger partial charge is 0.461 e. The van der Waals surface area contributed by atoms with Crippen molar-refractivity contribution in [2.75, 3.05) is 0 Å². The summed E-state index contributed by atoms with van der Waals surface area (Å²) in [4.78, 5) is 12.1. The number of carbonyl (C=O) groups excluding carboxylic acids is 1. The first-order valence-electron chi connectivity index (χ1n) is 5.43. The van der Waals surface area contributed by atoms with Crippen molar-refractivity contribution in [1.82, 2.24) is 5.43 Å². The number of nitrogens with two attached hydrogens (primary N) is 1. The zero-order valence-electron chi connectivity index (χ0n) is 10.0. The number of hydrogen-bond donors (Lipinski definition) is 2. The second kappa shape index (κ2) is 7.78. The third kappa shape index (κ3) is 5.74. The summed E-state index contributed by atoms with van der Waals surface area (Å²) < 4.78 is 5.09. The second-order valence-electron chi connectivity index (χ2n) is 3.50. The lowest BCUT2D eigenvalue weighted by atomic mass is 10.3. The molecule has 0 aliphatic heterocycles. The van der Waals surface area contributed by atoms with Crippen molar-refractivity contribution in [1.29, 1.82) is 0 Å². The van der Waals surface area contributed by atoms with Gasteiger partial charge in [0.05, 0.1) is 6.21 Å². The van der Waals surface area contributed by atoms with Crippen molar-refractivity contribution in [3.8, 4) is 0 Å². The van der Waals surface area contributed by atoms with E-state index < -0.39 is 0 Å². The van der Waals surface area contributed by atoms with Crippen LogP contribution in [0.1, 0.15) is 30.2 Å². The molecule has 98 valence electrons. The molecule has 1 aromatic rings. The zero-order valence-corrected chi connectivity index (χ0v) is 11.6. The molecule has 1 rings (SSSR count). The predicted molar refractivity (Wildman–Crippen MR) is 76.5 cm³/mol. The van der Waals surface area contributed by atoms with Gasteiger partial charge in [-0.3, -0.25) is 10.2 Å². The lowest BCUT2D eigenvalue weighted by Crippen LogP contribution is -2.23. The molecule has 0 aliphatic carbocycles. The summed E-state index contributed by atoms with van der Waals surface area (Å²) in [6, 6.07) is 1.90. The van der Waals surface area contributed by atoms with Crippen LogP contribution >= 0.6 is 23.6 Å². The smallest absolute Gasteiger partial charge is 0.306 e. The first-order chi connectivity index (χ1) is 8.61. The molecule has 0 aliphatic rings. The van der Waals surface area contributed by atoms with E-state index in [0.717, 1.165) is 16.9 Å². The van der Waals surface area contributed by atoms with E-state index in [9.17, 15) is 4.79 Å². The van der Waals surface area contributed by atoms with E-state index in [2.05, 4.69) is 22.7 Å². The average molecular weight is 285 g/mol. The van der Waals surface area contributed by atoms with Crippen LogP contribution in [-0.2, 0) is 16.1 Å². The monoisotopic (exact) mass is 285 g/mol. The summed E-state index contributed by atoms with van der Waals surface area (Å²) in [5.41, 5.74) is 8.64. The highest BCUT2D eigenvalue weighted by atomic mass is 32.1. The molecule has 0 unspecified atom stereocenters. The van der Waals surface area contributed by atoms with E-state index in [1.165, 1.54) is 11.3 Å². The number of thiocarbonyl (C=S) groups is 1. The summed E-state index contributed by atoms with van der Waals surface area (Å²) in [7, 11) is 0. The van der Waals surface area contributed by atoms with E-state index in [0.29, 0.717) is 13.0 Å². The molecule has 3 N–H and O–H groups in total. The SMILES string of the molecule is CCCC(=O)OCc1csc(/C=N/NC(N)=S)c1. The highest BCUT2D eigenvalue weighted by Gasteiger charge is 2.03. The van der Waals surface area contributed by atoms with Crippen molar-refractivity contribution < 1.29 is 9.53 Å². The number of ether oxygens (including phenoxy) is 1. The molecule has 5 nitrogen and oxygen atoms in total. The van der Waals surface area contributed by atoms with Crippen LogP contribution in [0.3, 0.4) is 0 Å². The highest BCUT2D eigenvalue weighted by Crippen LogP contribution is 2.13. The maximum Gasteiger partial charge on any atom is 0.306 e. The first kappa shape index (κ1) is 14.6. The molecule has 0 aromatic carbocycles. The average Bonchev–Trinajstić information content (AvgIpc) is 2.74. The summed E-state index contributed by atoms with van der Waals surface area (Å²) in [6.07, 6.45) is 2.86. The Morgan fingerprint density at radius 3 is 3.17 bits per heavy atom. The quantitative estimate of drug-likeness (QED) is 0.360. The minimum Gasteiger partial charge on any atom is -0.461 e. The van der Waals surface area contributed by atoms with Crippen LogP contribution in [0, 0.1) is 0 Å². The van der Waals surface area contributed by atoms with E-state index in [1.54, 1.807) is 6.21 Å². The Bertz CT molecular complexity index is 443. The molecule has 0 fully saturated rings. The summed E-state index contributed by atoms with van der Waals surface area (Å²) in [6.45, 7) is 2.24. The molecule has 0 amide bonds. The lowest BCUT2D eigenvalue weighted by Gasteiger charge is -2.00. The van der Waals surface area contributed by atoms with E-state index in [-0.39, 0.29) is 11.1 Å². The van der Waals surface area contributed by atoms with Gasteiger partial charge in [-0.05, 0) is 30.1 Å². The maximum atomic E-state index is 11.2. The van der Waals surface area contributed by atoms with Crippen LogP contribution in [0.2, 0.25) is 0 Å². The lowest BCUT2D eigenvalue weighted by molar-refractivity contribution is -0.144. The minimum absolute atomic E-state index is 0.122. The Kier molecular flexibility index (Phi) is 6.31. The van der Waals surface area contributed by atoms with E-state index >= 15 is 0 Å². The fourth-order valence-corrected chi connectivity index (χ4v) is 1.95. The van der Waals surface area contributed by atoms with Gasteiger partial charge in [0.15, 0.2) is 5.11 Å². The fraction of sp³-hybridized carbons (Fsp3) is 0.364. The number of esters is 1. The summed E-state index contributed by atoms with van der Waals surface area (Å²) in [5, 5.41) is 5.88. The third-order valence-corrected chi connectivity index (χ3v) is 2.90. The normalized spacial score (nSPS) is 10.5. The Labute approximate surface area is 115 Å². The van der Waals surface area contributed by atoms with Gasteiger partial charge in [0.1, 0.15) is 6.61 Å². The molecule has 0 bridgehead atoms. The zero-order chi connectivity index (χ0) is 13.4. The van der Waals surface area contributed by atoms with Crippen molar-refractivity contribution in [3.63, 3.8) is 0 Å². The number of hydrazone groups is 1. The van der Waals surface area contributed by atoms with Gasteiger partial charge in [-0.2, -0.15) is 5.10 Å². The van der Waals surface area contributed by atoms with Gasteiger partial charge in [-0.1, -0.05) is 6.92 Å². The Hall–Kier alpha value is -1.47. The minimum atomic E-state index is -0.172. The van der Waals surface area contributed by atoms with Crippen molar-refractivity contribution in [2.45, 2.75) is 26.4 Å². The molecule has 1 heterocycles. The van der Waals surface area contributed by atoms with Gasteiger partial charge >= 0.3 is 5.97 Å². The summed E-state index contributed by atoms with van der Waals surface area (Å²) >= 11 is 6.11. The molecule has 0 spiro atoms. The molecular weight excluding hydrogens is 270 g/mol. The van der Waals surface area contributed by atoms with Crippen molar-refractivity contribution in [2.24, 2.45) is 10.8 Å². The molecular formula is C11H15N3O2S2. The molecule has 0 saturated carbocycles. The number of nitrogens with one attached hydrogen (secondary N) is 1. The summed E-state index contributed by atoms with van der Waals surface area (Å²) in [5.74, 6) is -0.172.